The van der Waals surface area contributed by atoms with Gasteiger partial charge in [-0.2, -0.15) is 4.31 Å². The molecule has 1 aliphatic heterocycles. The molecule has 1 heterocycles. The van der Waals surface area contributed by atoms with Gasteiger partial charge in [-0.1, -0.05) is 18.5 Å². The number of hydrogen-bond donors (Lipinski definition) is 1. The molecule has 30 heavy (non-hydrogen) atoms. The predicted molar refractivity (Wildman–Crippen MR) is 116 cm³/mol. The van der Waals surface area contributed by atoms with Crippen molar-refractivity contribution in [3.63, 3.8) is 0 Å². The van der Waals surface area contributed by atoms with E-state index in [0.29, 0.717) is 30.3 Å². The molecule has 1 amide bonds. The van der Waals surface area contributed by atoms with Crippen LogP contribution in [0.1, 0.15) is 30.1 Å². The average Bonchev–Trinajstić information content (AvgIpc) is 2.73. The summed E-state index contributed by atoms with van der Waals surface area (Å²) >= 11 is 6.21. The number of benzene rings is 2. The highest BCUT2D eigenvalue weighted by Crippen LogP contribution is 2.31. The van der Waals surface area contributed by atoms with Crippen molar-refractivity contribution in [2.24, 2.45) is 5.92 Å². The SMILES string of the molecule is COc1ccc(OC)c(NC(=O)c2ccc(Cl)c(S(=O)(=O)N3CCCC(C)C3)c2)c1. The zero-order chi connectivity index (χ0) is 21.9. The fourth-order valence-corrected chi connectivity index (χ4v) is 5.55. The van der Waals surface area contributed by atoms with Crippen LogP contribution < -0.4 is 14.8 Å². The number of rotatable bonds is 6. The van der Waals surface area contributed by atoms with Crippen molar-refractivity contribution >= 4 is 33.2 Å². The Bertz CT molecular complexity index is 1040. The Morgan fingerprint density at radius 1 is 1.17 bits per heavy atom. The summed E-state index contributed by atoms with van der Waals surface area (Å²) in [6, 6.07) is 9.24. The summed E-state index contributed by atoms with van der Waals surface area (Å²) in [5.74, 6) is 0.791. The number of carbonyl (C=O) groups excluding carboxylic acids is 1. The van der Waals surface area contributed by atoms with Crippen LogP contribution in [0.25, 0.3) is 0 Å². The predicted octanol–water partition coefficient (Wildman–Crippen LogP) is 4.03. The van der Waals surface area contributed by atoms with E-state index in [9.17, 15) is 13.2 Å². The van der Waals surface area contributed by atoms with Crippen LogP contribution in [-0.2, 0) is 10.0 Å². The monoisotopic (exact) mass is 452 g/mol. The van der Waals surface area contributed by atoms with Gasteiger partial charge in [0.25, 0.3) is 5.91 Å². The van der Waals surface area contributed by atoms with Crippen molar-refractivity contribution in [2.45, 2.75) is 24.7 Å². The van der Waals surface area contributed by atoms with E-state index in [1.54, 1.807) is 18.2 Å². The first-order chi connectivity index (χ1) is 14.3. The third kappa shape index (κ3) is 4.71. The molecule has 0 saturated carbocycles. The van der Waals surface area contributed by atoms with Gasteiger partial charge in [0.05, 0.1) is 24.9 Å². The zero-order valence-corrected chi connectivity index (χ0v) is 18.7. The van der Waals surface area contributed by atoms with Gasteiger partial charge in [0.1, 0.15) is 16.4 Å². The van der Waals surface area contributed by atoms with Gasteiger partial charge in [0, 0.05) is 24.7 Å². The number of nitrogens with one attached hydrogen (secondary N) is 1. The van der Waals surface area contributed by atoms with E-state index in [0.717, 1.165) is 12.8 Å². The van der Waals surface area contributed by atoms with Crippen LogP contribution in [-0.4, -0.2) is 45.9 Å². The fourth-order valence-electron chi connectivity index (χ4n) is 3.45. The highest BCUT2D eigenvalue weighted by atomic mass is 35.5. The molecule has 7 nitrogen and oxygen atoms in total. The molecular formula is C21H25ClN2O5S. The molecule has 1 aliphatic rings. The smallest absolute Gasteiger partial charge is 0.255 e. The van der Waals surface area contributed by atoms with Crippen molar-refractivity contribution in [1.82, 2.24) is 4.31 Å². The van der Waals surface area contributed by atoms with E-state index < -0.39 is 15.9 Å². The zero-order valence-electron chi connectivity index (χ0n) is 17.1. The van der Waals surface area contributed by atoms with E-state index in [1.165, 1.54) is 36.7 Å². The summed E-state index contributed by atoms with van der Waals surface area (Å²) in [6.45, 7) is 2.91. The number of piperidine rings is 1. The van der Waals surface area contributed by atoms with E-state index >= 15 is 0 Å². The van der Waals surface area contributed by atoms with Gasteiger partial charge in [-0.05, 0) is 49.1 Å². The lowest BCUT2D eigenvalue weighted by molar-refractivity contribution is 0.102. The molecule has 162 valence electrons. The second-order valence-electron chi connectivity index (χ2n) is 7.28. The number of carbonyl (C=O) groups is 1. The third-order valence-corrected chi connectivity index (χ3v) is 7.43. The van der Waals surface area contributed by atoms with Crippen LogP contribution in [0.2, 0.25) is 5.02 Å². The van der Waals surface area contributed by atoms with Crippen LogP contribution in [0.4, 0.5) is 5.69 Å². The minimum atomic E-state index is -3.80. The van der Waals surface area contributed by atoms with Crippen molar-refractivity contribution in [3.8, 4) is 11.5 Å². The molecule has 1 atom stereocenters. The van der Waals surface area contributed by atoms with Crippen molar-refractivity contribution in [2.75, 3.05) is 32.6 Å². The molecule has 2 aromatic rings. The summed E-state index contributed by atoms with van der Waals surface area (Å²) in [5.41, 5.74) is 0.582. The largest absolute Gasteiger partial charge is 0.497 e. The van der Waals surface area contributed by atoms with E-state index in [1.807, 2.05) is 6.92 Å². The Labute approximate surface area is 182 Å². The number of halogens is 1. The molecule has 2 aromatic carbocycles. The minimum Gasteiger partial charge on any atom is -0.497 e. The fraction of sp³-hybridized carbons (Fsp3) is 0.381. The Morgan fingerprint density at radius 3 is 2.60 bits per heavy atom. The van der Waals surface area contributed by atoms with Gasteiger partial charge in [-0.25, -0.2) is 8.42 Å². The van der Waals surface area contributed by atoms with Crippen LogP contribution in [0.5, 0.6) is 11.5 Å². The number of sulfonamides is 1. The first kappa shape index (κ1) is 22.4. The molecule has 0 radical (unpaired) electrons. The summed E-state index contributed by atoms with van der Waals surface area (Å²) in [4.78, 5) is 12.8. The number of ether oxygens (including phenoxy) is 2. The van der Waals surface area contributed by atoms with Crippen molar-refractivity contribution in [3.05, 3.63) is 47.0 Å². The maximum atomic E-state index is 13.1. The van der Waals surface area contributed by atoms with E-state index in [2.05, 4.69) is 5.32 Å². The van der Waals surface area contributed by atoms with Gasteiger partial charge in [-0.15, -0.1) is 0 Å². The quantitative estimate of drug-likeness (QED) is 0.715. The summed E-state index contributed by atoms with van der Waals surface area (Å²) in [7, 11) is -0.792. The summed E-state index contributed by atoms with van der Waals surface area (Å²) < 4.78 is 38.2. The normalized spacial score (nSPS) is 17.4. The maximum absolute atomic E-state index is 13.1. The lowest BCUT2D eigenvalue weighted by atomic mass is 10.0. The molecule has 1 N–H and O–H groups in total. The molecule has 0 bridgehead atoms. The highest BCUT2D eigenvalue weighted by Gasteiger charge is 2.31. The van der Waals surface area contributed by atoms with Crippen LogP contribution in [0, 0.1) is 5.92 Å². The molecule has 0 aliphatic carbocycles. The van der Waals surface area contributed by atoms with Gasteiger partial charge < -0.3 is 14.8 Å². The number of hydrogen-bond acceptors (Lipinski definition) is 5. The first-order valence-corrected chi connectivity index (χ1v) is 11.4. The average molecular weight is 453 g/mol. The van der Waals surface area contributed by atoms with Gasteiger partial charge in [-0.3, -0.25) is 4.79 Å². The molecule has 1 saturated heterocycles. The Hall–Kier alpha value is -2.29. The number of anilines is 1. The van der Waals surface area contributed by atoms with Crippen LogP contribution in [0.15, 0.2) is 41.3 Å². The van der Waals surface area contributed by atoms with Crippen LogP contribution >= 0.6 is 11.6 Å². The number of amides is 1. The number of nitrogens with zero attached hydrogens (tertiary/aromatic N) is 1. The van der Waals surface area contributed by atoms with Crippen molar-refractivity contribution in [1.29, 1.82) is 0 Å². The second kappa shape index (κ2) is 9.24. The molecule has 1 fully saturated rings. The summed E-state index contributed by atoms with van der Waals surface area (Å²) in [6.07, 6.45) is 1.79. The lowest BCUT2D eigenvalue weighted by Crippen LogP contribution is -2.39. The van der Waals surface area contributed by atoms with Gasteiger partial charge >= 0.3 is 0 Å². The van der Waals surface area contributed by atoms with Gasteiger partial charge in [0.15, 0.2) is 0 Å². The standard InChI is InChI=1S/C21H25ClN2O5S/c1-14-5-4-10-24(13-14)30(26,27)20-11-15(6-8-17(20)22)21(25)23-18-12-16(28-2)7-9-19(18)29-3/h6-9,11-12,14H,4-5,10,13H2,1-3H3,(H,23,25). The first-order valence-electron chi connectivity index (χ1n) is 9.59. The molecule has 1 unspecified atom stereocenters. The molecular weight excluding hydrogens is 428 g/mol. The Balaban J connectivity index is 1.91. The van der Waals surface area contributed by atoms with E-state index in [4.69, 9.17) is 21.1 Å². The molecule has 0 spiro atoms. The second-order valence-corrected chi connectivity index (χ2v) is 9.59. The molecule has 0 aromatic heterocycles. The van der Waals surface area contributed by atoms with Crippen molar-refractivity contribution < 1.29 is 22.7 Å². The third-order valence-electron chi connectivity index (χ3n) is 5.09. The Morgan fingerprint density at radius 2 is 1.93 bits per heavy atom. The lowest BCUT2D eigenvalue weighted by Gasteiger charge is -2.30. The maximum Gasteiger partial charge on any atom is 0.255 e. The molecule has 9 heteroatoms. The van der Waals surface area contributed by atoms with Crippen LogP contribution in [0.3, 0.4) is 0 Å². The summed E-state index contributed by atoms with van der Waals surface area (Å²) in [5, 5.41) is 2.83. The highest BCUT2D eigenvalue weighted by molar-refractivity contribution is 7.89. The Kier molecular flexibility index (Phi) is 6.90. The number of methoxy groups -OCH3 is 2. The topological polar surface area (TPSA) is 84.9 Å². The van der Waals surface area contributed by atoms with Gasteiger partial charge in [0.2, 0.25) is 10.0 Å². The minimum absolute atomic E-state index is 0.0662. The van der Waals surface area contributed by atoms with E-state index in [-0.39, 0.29) is 21.4 Å². The molecule has 3 rings (SSSR count).